The van der Waals surface area contributed by atoms with Crippen LogP contribution in [0.2, 0.25) is 10.0 Å². The SMILES string of the molecule is C[C@@]1(Cc2ccc(-c3cncnc3)cc2)C(=O)N(c2cc(Cl)cc(Cl)c2)c2ncc(S(=O)(=O)N3CCC[C@H]3C(N)=O)n21. The molecule has 4 aromatic rings. The minimum Gasteiger partial charge on any atom is -0.368 e. The molecule has 1 fully saturated rings. The number of aromatic nitrogens is 4. The van der Waals surface area contributed by atoms with Crippen molar-refractivity contribution in [1.82, 2.24) is 23.8 Å². The van der Waals surface area contributed by atoms with Crippen molar-refractivity contribution in [3.8, 4) is 11.1 Å². The molecule has 2 atom stereocenters. The van der Waals surface area contributed by atoms with E-state index >= 15 is 0 Å². The Morgan fingerprint density at radius 2 is 1.71 bits per heavy atom. The van der Waals surface area contributed by atoms with Gasteiger partial charge in [-0.3, -0.25) is 14.2 Å². The number of halogens is 2. The van der Waals surface area contributed by atoms with Crippen molar-refractivity contribution in [2.75, 3.05) is 11.4 Å². The minimum absolute atomic E-state index is 0.0901. The van der Waals surface area contributed by atoms with E-state index in [1.807, 2.05) is 24.3 Å². The third-order valence-corrected chi connectivity index (χ3v) is 9.98. The van der Waals surface area contributed by atoms with Crippen LogP contribution >= 0.6 is 23.2 Å². The average Bonchev–Trinajstić information content (AvgIpc) is 3.67. The minimum atomic E-state index is -4.28. The van der Waals surface area contributed by atoms with Gasteiger partial charge in [-0.15, -0.1) is 0 Å². The second kappa shape index (κ2) is 10.5. The number of anilines is 2. The molecule has 6 rings (SSSR count). The summed E-state index contributed by atoms with van der Waals surface area (Å²) in [7, 11) is -4.28. The summed E-state index contributed by atoms with van der Waals surface area (Å²) in [6, 6.07) is 11.2. The second-order valence-electron chi connectivity index (χ2n) is 10.5. The number of fused-ring (bicyclic) bond motifs is 1. The van der Waals surface area contributed by atoms with Gasteiger partial charge in [-0.2, -0.15) is 4.31 Å². The van der Waals surface area contributed by atoms with Gasteiger partial charge in [0.1, 0.15) is 17.9 Å². The van der Waals surface area contributed by atoms with Gasteiger partial charge in [-0.1, -0.05) is 47.5 Å². The third kappa shape index (κ3) is 4.64. The smallest absolute Gasteiger partial charge is 0.261 e. The number of hydrogen-bond donors (Lipinski definition) is 1. The zero-order valence-corrected chi connectivity index (χ0v) is 24.6. The standard InChI is InChI=1S/C28H25Cl2N7O4S/c1-28(12-17-4-6-18(7-5-17)19-13-32-16-33-14-19)26(39)36(22-10-20(29)9-21(30)11-22)27-34-15-24(37(27)28)42(40,41)35-8-2-3-23(35)25(31)38/h4-7,9-11,13-16,23H,2-3,8,12H2,1H3,(H2,31,38)/t23-,28+/m0/s1. The second-order valence-corrected chi connectivity index (χ2v) is 13.2. The van der Waals surface area contributed by atoms with E-state index in [9.17, 15) is 18.0 Å². The van der Waals surface area contributed by atoms with E-state index in [2.05, 4.69) is 15.0 Å². The predicted octanol–water partition coefficient (Wildman–Crippen LogP) is 3.92. The number of nitrogens with two attached hydrogens (primary N) is 1. The van der Waals surface area contributed by atoms with E-state index in [0.717, 1.165) is 21.0 Å². The molecule has 2 aromatic carbocycles. The first-order valence-corrected chi connectivity index (χ1v) is 15.2. The Morgan fingerprint density at radius 1 is 1.05 bits per heavy atom. The Hall–Kier alpha value is -3.84. The number of sulfonamides is 1. The highest BCUT2D eigenvalue weighted by Gasteiger charge is 2.53. The maximum absolute atomic E-state index is 14.3. The number of amides is 2. The molecule has 0 radical (unpaired) electrons. The lowest BCUT2D eigenvalue weighted by atomic mass is 9.91. The maximum Gasteiger partial charge on any atom is 0.261 e. The summed E-state index contributed by atoms with van der Waals surface area (Å²) >= 11 is 12.5. The van der Waals surface area contributed by atoms with Gasteiger partial charge in [0.15, 0.2) is 5.03 Å². The van der Waals surface area contributed by atoms with Crippen molar-refractivity contribution in [3.05, 3.63) is 83.0 Å². The van der Waals surface area contributed by atoms with Crippen molar-refractivity contribution in [2.45, 2.75) is 42.8 Å². The molecule has 0 bridgehead atoms. The Bertz CT molecular complexity index is 1800. The first-order valence-electron chi connectivity index (χ1n) is 13.0. The van der Waals surface area contributed by atoms with Crippen LogP contribution in [0.1, 0.15) is 25.3 Å². The monoisotopic (exact) mass is 625 g/mol. The van der Waals surface area contributed by atoms with Crippen LogP contribution in [-0.2, 0) is 31.6 Å². The van der Waals surface area contributed by atoms with Crippen LogP contribution < -0.4 is 10.6 Å². The van der Waals surface area contributed by atoms with Gasteiger partial charge in [-0.25, -0.2) is 28.3 Å². The zero-order chi connectivity index (χ0) is 29.8. The molecule has 2 N–H and O–H groups in total. The number of carbonyl (C=O) groups excluding carboxylic acids is 2. The summed E-state index contributed by atoms with van der Waals surface area (Å²) in [6.07, 6.45) is 6.99. The quantitative estimate of drug-likeness (QED) is 0.328. The lowest BCUT2D eigenvalue weighted by Gasteiger charge is -2.28. The van der Waals surface area contributed by atoms with Crippen LogP contribution in [-0.4, -0.2) is 56.6 Å². The molecule has 4 heterocycles. The van der Waals surface area contributed by atoms with Gasteiger partial charge >= 0.3 is 0 Å². The Labute approximate surface area is 252 Å². The highest BCUT2D eigenvalue weighted by atomic mass is 35.5. The number of hydrogen-bond acceptors (Lipinski definition) is 7. The van der Waals surface area contributed by atoms with Gasteiger partial charge in [-0.05, 0) is 49.1 Å². The molecular weight excluding hydrogens is 601 g/mol. The Morgan fingerprint density at radius 3 is 2.36 bits per heavy atom. The molecule has 2 aliphatic heterocycles. The topological polar surface area (TPSA) is 144 Å². The van der Waals surface area contributed by atoms with Gasteiger partial charge < -0.3 is 5.73 Å². The van der Waals surface area contributed by atoms with Gasteiger partial charge in [0.2, 0.25) is 11.9 Å². The van der Waals surface area contributed by atoms with Gasteiger partial charge in [0, 0.05) is 41.0 Å². The molecule has 0 saturated carbocycles. The number of rotatable bonds is 7. The lowest BCUT2D eigenvalue weighted by Crippen LogP contribution is -2.46. The van der Waals surface area contributed by atoms with Crippen molar-refractivity contribution in [1.29, 1.82) is 0 Å². The Kier molecular flexibility index (Phi) is 7.04. The lowest BCUT2D eigenvalue weighted by molar-refractivity contribution is -0.124. The normalized spacial score (nSPS) is 20.7. The van der Waals surface area contributed by atoms with Crippen LogP contribution in [0.3, 0.4) is 0 Å². The molecule has 1 saturated heterocycles. The van der Waals surface area contributed by atoms with E-state index < -0.39 is 33.4 Å². The summed E-state index contributed by atoms with van der Waals surface area (Å²) in [5.74, 6) is -1.06. The highest BCUT2D eigenvalue weighted by molar-refractivity contribution is 7.89. The van der Waals surface area contributed by atoms with Crippen LogP contribution in [0, 0.1) is 0 Å². The molecule has 2 amide bonds. The molecule has 0 spiro atoms. The molecule has 14 heteroatoms. The van der Waals surface area contributed by atoms with Crippen LogP contribution in [0.25, 0.3) is 11.1 Å². The van der Waals surface area contributed by atoms with Crippen molar-refractivity contribution >= 4 is 56.7 Å². The number of benzene rings is 2. The number of nitrogens with zero attached hydrogens (tertiary/aromatic N) is 6. The Balaban J connectivity index is 1.47. The molecule has 0 unspecified atom stereocenters. The highest BCUT2D eigenvalue weighted by Crippen LogP contribution is 2.45. The van der Waals surface area contributed by atoms with Crippen molar-refractivity contribution < 1.29 is 18.0 Å². The summed E-state index contributed by atoms with van der Waals surface area (Å²) in [4.78, 5) is 40.3. The fourth-order valence-electron chi connectivity index (χ4n) is 5.71. The van der Waals surface area contributed by atoms with E-state index in [-0.39, 0.29) is 23.9 Å². The first kappa shape index (κ1) is 28.3. The van der Waals surface area contributed by atoms with E-state index in [1.54, 1.807) is 31.5 Å². The van der Waals surface area contributed by atoms with Gasteiger partial charge in [0.05, 0.1) is 11.9 Å². The van der Waals surface area contributed by atoms with E-state index in [4.69, 9.17) is 28.9 Å². The molecule has 2 aromatic heterocycles. The first-order chi connectivity index (χ1) is 20.0. The summed E-state index contributed by atoms with van der Waals surface area (Å²) in [5.41, 5.74) is 6.95. The summed E-state index contributed by atoms with van der Waals surface area (Å²) in [5, 5.41) is 0.383. The fraction of sp³-hybridized carbons (Fsp3) is 0.250. The van der Waals surface area contributed by atoms with E-state index in [1.165, 1.54) is 28.1 Å². The van der Waals surface area contributed by atoms with Crippen LogP contribution in [0.4, 0.5) is 11.6 Å². The van der Waals surface area contributed by atoms with Crippen molar-refractivity contribution in [3.63, 3.8) is 0 Å². The zero-order valence-electron chi connectivity index (χ0n) is 22.3. The number of primary amides is 1. The maximum atomic E-state index is 14.3. The largest absolute Gasteiger partial charge is 0.368 e. The van der Waals surface area contributed by atoms with Crippen LogP contribution in [0.5, 0.6) is 0 Å². The molecule has 2 aliphatic rings. The van der Waals surface area contributed by atoms with Crippen LogP contribution in [0.15, 0.2) is 72.4 Å². The molecular formula is C28H25Cl2N7O4S. The molecule has 42 heavy (non-hydrogen) atoms. The molecule has 11 nitrogen and oxygen atoms in total. The summed E-state index contributed by atoms with van der Waals surface area (Å²) in [6.45, 7) is 1.79. The third-order valence-electron chi connectivity index (χ3n) is 7.68. The summed E-state index contributed by atoms with van der Waals surface area (Å²) < 4.78 is 30.6. The van der Waals surface area contributed by atoms with Gasteiger partial charge in [0.25, 0.3) is 15.9 Å². The van der Waals surface area contributed by atoms with E-state index in [0.29, 0.717) is 28.6 Å². The number of imidazole rings is 1. The molecule has 216 valence electrons. The van der Waals surface area contributed by atoms with Crippen molar-refractivity contribution in [2.24, 2.45) is 5.73 Å². The molecule has 0 aliphatic carbocycles. The average molecular weight is 627 g/mol. The fourth-order valence-corrected chi connectivity index (χ4v) is 8.08. The predicted molar refractivity (Wildman–Crippen MR) is 157 cm³/mol. The number of carbonyl (C=O) groups is 2.